The number of rotatable bonds is 6. The summed E-state index contributed by atoms with van der Waals surface area (Å²) < 4.78 is 18.7. The Kier molecular flexibility index (Phi) is 5.45. The molecule has 0 unspecified atom stereocenters. The molecule has 2 aromatic rings. The Morgan fingerprint density at radius 1 is 1.40 bits per heavy atom. The normalized spacial score (nSPS) is 11.4. The van der Waals surface area contributed by atoms with Gasteiger partial charge in [-0.25, -0.2) is 4.39 Å². The number of non-ortho nitro benzene ring substituents is 1. The summed E-state index contributed by atoms with van der Waals surface area (Å²) in [5.41, 5.74) is -0.733. The number of nitrogens with one attached hydrogen (secondary N) is 1. The summed E-state index contributed by atoms with van der Waals surface area (Å²) in [5, 5.41) is 16.9. The number of hydrogen-bond donors (Lipinski definition) is 1. The van der Waals surface area contributed by atoms with Crippen LogP contribution in [0.4, 0.5) is 15.8 Å². The summed E-state index contributed by atoms with van der Waals surface area (Å²) in [6, 6.07) is 2.97. The molecule has 134 valence electrons. The minimum atomic E-state index is -0.731. The molecule has 1 aromatic carbocycles. The molecule has 0 bridgehead atoms. The first-order valence-electron chi connectivity index (χ1n) is 7.73. The van der Waals surface area contributed by atoms with Crippen LogP contribution in [0.15, 0.2) is 22.7 Å². The van der Waals surface area contributed by atoms with Crippen LogP contribution in [-0.2, 0) is 16.6 Å². The lowest BCUT2D eigenvalue weighted by Gasteiger charge is -2.10. The highest BCUT2D eigenvalue weighted by Gasteiger charge is 2.21. The van der Waals surface area contributed by atoms with Crippen molar-refractivity contribution in [2.75, 3.05) is 5.32 Å². The maximum absolute atomic E-state index is 13.6. The Bertz CT molecular complexity index is 783. The fourth-order valence-electron chi connectivity index (χ4n) is 2.00. The fraction of sp³-hybridized carbons (Fsp3) is 0.438. The second kappa shape index (κ2) is 7.37. The number of nitrogens with zero attached hydrogens (tertiary/aromatic N) is 3. The lowest BCUT2D eigenvalue weighted by molar-refractivity contribution is -0.384. The quantitative estimate of drug-likeness (QED) is 0.631. The zero-order valence-corrected chi connectivity index (χ0v) is 14.2. The zero-order chi connectivity index (χ0) is 18.6. The van der Waals surface area contributed by atoms with Gasteiger partial charge < -0.3 is 9.84 Å². The van der Waals surface area contributed by atoms with Gasteiger partial charge in [0.1, 0.15) is 5.82 Å². The molecule has 8 nitrogen and oxygen atoms in total. The summed E-state index contributed by atoms with van der Waals surface area (Å²) in [5.74, 6) is -0.162. The van der Waals surface area contributed by atoms with Gasteiger partial charge in [-0.2, -0.15) is 4.98 Å². The van der Waals surface area contributed by atoms with E-state index in [1.54, 1.807) is 0 Å². The maximum Gasteiger partial charge on any atom is 0.271 e. The molecule has 1 amide bonds. The molecule has 0 fully saturated rings. The molecule has 0 aliphatic heterocycles. The van der Waals surface area contributed by atoms with Crippen molar-refractivity contribution in [2.45, 2.75) is 45.4 Å². The van der Waals surface area contributed by atoms with E-state index in [1.807, 2.05) is 20.8 Å². The lowest BCUT2D eigenvalue weighted by atomic mass is 9.96. The van der Waals surface area contributed by atoms with Crippen LogP contribution in [0, 0.1) is 15.9 Å². The van der Waals surface area contributed by atoms with Crippen molar-refractivity contribution in [1.29, 1.82) is 0 Å². The van der Waals surface area contributed by atoms with Gasteiger partial charge in [-0.1, -0.05) is 25.9 Å². The number of aryl methyl sites for hydroxylation is 1. The number of halogens is 1. The van der Waals surface area contributed by atoms with Crippen LogP contribution in [0.1, 0.15) is 45.3 Å². The van der Waals surface area contributed by atoms with Gasteiger partial charge in [0.15, 0.2) is 5.82 Å². The van der Waals surface area contributed by atoms with Crippen LogP contribution in [0.2, 0.25) is 0 Å². The van der Waals surface area contributed by atoms with Gasteiger partial charge in [0.05, 0.1) is 10.6 Å². The topological polar surface area (TPSA) is 111 Å². The molecule has 0 saturated carbocycles. The maximum atomic E-state index is 13.6. The predicted octanol–water partition coefficient (Wildman–Crippen LogP) is 3.38. The molecule has 25 heavy (non-hydrogen) atoms. The van der Waals surface area contributed by atoms with E-state index in [0.29, 0.717) is 24.6 Å². The van der Waals surface area contributed by atoms with Crippen molar-refractivity contribution in [1.82, 2.24) is 10.1 Å². The van der Waals surface area contributed by atoms with Gasteiger partial charge in [-0.3, -0.25) is 14.9 Å². The Labute approximate surface area is 143 Å². The smallest absolute Gasteiger partial charge is 0.271 e. The molecule has 0 radical (unpaired) electrons. The molecule has 0 spiro atoms. The average Bonchev–Trinajstić information content (AvgIpc) is 2.98. The van der Waals surface area contributed by atoms with Crippen LogP contribution in [0.3, 0.4) is 0 Å². The van der Waals surface area contributed by atoms with Crippen molar-refractivity contribution in [3.63, 3.8) is 0 Å². The van der Waals surface area contributed by atoms with Crippen LogP contribution >= 0.6 is 0 Å². The number of carbonyl (C=O) groups is 1. The SMILES string of the molecule is CC(C)(C)c1noc(CCCC(=O)Nc2cc([N+](=O)[O-])ccc2F)n1. The summed E-state index contributed by atoms with van der Waals surface area (Å²) in [6.45, 7) is 5.88. The molecular formula is C16H19FN4O4. The van der Waals surface area contributed by atoms with Gasteiger partial charge in [-0.15, -0.1) is 0 Å². The monoisotopic (exact) mass is 350 g/mol. The highest BCUT2D eigenvalue weighted by Crippen LogP contribution is 2.22. The molecular weight excluding hydrogens is 331 g/mol. The standard InChI is InChI=1S/C16H19FN4O4/c1-16(2,3)15-19-14(25-20-15)6-4-5-13(22)18-12-9-10(21(23)24)7-8-11(12)17/h7-9H,4-6H2,1-3H3,(H,18,22). The fourth-order valence-corrected chi connectivity index (χ4v) is 2.00. The number of amides is 1. The van der Waals surface area contributed by atoms with Crippen LogP contribution in [0.25, 0.3) is 0 Å². The molecule has 0 atom stereocenters. The van der Waals surface area contributed by atoms with Crippen LogP contribution in [0.5, 0.6) is 0 Å². The van der Waals surface area contributed by atoms with Crippen molar-refractivity contribution >= 4 is 17.3 Å². The number of benzene rings is 1. The van der Waals surface area contributed by atoms with Gasteiger partial charge in [0, 0.05) is 30.4 Å². The van der Waals surface area contributed by atoms with Crippen molar-refractivity contribution in [2.24, 2.45) is 0 Å². The van der Waals surface area contributed by atoms with E-state index in [-0.39, 0.29) is 23.2 Å². The summed E-state index contributed by atoms with van der Waals surface area (Å²) in [7, 11) is 0. The van der Waals surface area contributed by atoms with E-state index in [4.69, 9.17) is 4.52 Å². The van der Waals surface area contributed by atoms with Gasteiger partial charge in [-0.05, 0) is 12.5 Å². The molecule has 9 heteroatoms. The highest BCUT2D eigenvalue weighted by molar-refractivity contribution is 5.91. The third-order valence-corrected chi connectivity index (χ3v) is 3.37. The number of anilines is 1. The Morgan fingerprint density at radius 2 is 2.12 bits per heavy atom. The average molecular weight is 350 g/mol. The van der Waals surface area contributed by atoms with Gasteiger partial charge in [0.2, 0.25) is 11.8 Å². The number of nitro benzene ring substituents is 1. The Hall–Kier alpha value is -2.84. The van der Waals surface area contributed by atoms with E-state index in [2.05, 4.69) is 15.5 Å². The van der Waals surface area contributed by atoms with Gasteiger partial charge in [0.25, 0.3) is 5.69 Å². The lowest BCUT2D eigenvalue weighted by Crippen LogP contribution is -2.14. The highest BCUT2D eigenvalue weighted by atomic mass is 19.1. The number of carbonyl (C=O) groups excluding carboxylic acids is 1. The van der Waals surface area contributed by atoms with Crippen molar-refractivity contribution in [3.8, 4) is 0 Å². The number of hydrogen-bond acceptors (Lipinski definition) is 6. The van der Waals surface area contributed by atoms with E-state index >= 15 is 0 Å². The zero-order valence-electron chi connectivity index (χ0n) is 14.2. The van der Waals surface area contributed by atoms with E-state index in [1.165, 1.54) is 0 Å². The van der Waals surface area contributed by atoms with Crippen LogP contribution in [-0.4, -0.2) is 21.0 Å². The third-order valence-electron chi connectivity index (χ3n) is 3.37. The largest absolute Gasteiger partial charge is 0.339 e. The minimum absolute atomic E-state index is 0.0926. The Balaban J connectivity index is 1.88. The van der Waals surface area contributed by atoms with Crippen LogP contribution < -0.4 is 5.32 Å². The van der Waals surface area contributed by atoms with E-state index in [0.717, 1.165) is 18.2 Å². The molecule has 0 aliphatic carbocycles. The second-order valence-corrected chi connectivity index (χ2v) is 6.58. The summed E-state index contributed by atoms with van der Waals surface area (Å²) in [4.78, 5) is 26.2. The van der Waals surface area contributed by atoms with Crippen molar-refractivity contribution < 1.29 is 18.6 Å². The summed E-state index contributed by atoms with van der Waals surface area (Å²) >= 11 is 0. The second-order valence-electron chi connectivity index (χ2n) is 6.58. The molecule has 2 rings (SSSR count). The Morgan fingerprint density at radius 3 is 2.72 bits per heavy atom. The molecule has 1 aromatic heterocycles. The first kappa shape index (κ1) is 18.5. The number of nitro groups is 1. The number of aromatic nitrogens is 2. The van der Waals surface area contributed by atoms with Crippen molar-refractivity contribution in [3.05, 3.63) is 45.8 Å². The first-order chi connectivity index (χ1) is 11.7. The van der Waals surface area contributed by atoms with Gasteiger partial charge >= 0.3 is 0 Å². The first-order valence-corrected chi connectivity index (χ1v) is 7.73. The third kappa shape index (κ3) is 5.07. The predicted molar refractivity (Wildman–Crippen MR) is 87.6 cm³/mol. The molecule has 0 aliphatic rings. The van der Waals surface area contributed by atoms with E-state index in [9.17, 15) is 19.3 Å². The molecule has 1 N–H and O–H groups in total. The minimum Gasteiger partial charge on any atom is -0.339 e. The molecule has 1 heterocycles. The van der Waals surface area contributed by atoms with E-state index < -0.39 is 16.6 Å². The summed E-state index contributed by atoms with van der Waals surface area (Å²) in [6.07, 6.45) is 0.928. The molecule has 0 saturated heterocycles.